The fraction of sp³-hybridized carbons (Fsp3) is 0.300. The first-order chi connectivity index (χ1) is 7.15. The van der Waals surface area contributed by atoms with Gasteiger partial charge in [-0.3, -0.25) is 4.79 Å². The molecule has 0 spiro atoms. The molecule has 0 unspecified atom stereocenters. The maximum atomic E-state index is 10.6. The molecule has 0 saturated heterocycles. The SMILES string of the molecule is COc1cc(NOC(C)=O)cc(OC)c1. The summed E-state index contributed by atoms with van der Waals surface area (Å²) in [7, 11) is 3.09. The highest BCUT2D eigenvalue weighted by atomic mass is 16.7. The van der Waals surface area contributed by atoms with Gasteiger partial charge in [-0.25, -0.2) is 5.48 Å². The smallest absolute Gasteiger partial charge is 0.329 e. The summed E-state index contributed by atoms with van der Waals surface area (Å²) >= 11 is 0. The summed E-state index contributed by atoms with van der Waals surface area (Å²) in [5.41, 5.74) is 3.07. The molecule has 15 heavy (non-hydrogen) atoms. The molecule has 1 aromatic carbocycles. The Labute approximate surface area is 87.9 Å². The van der Waals surface area contributed by atoms with Crippen LogP contribution in [0.5, 0.6) is 11.5 Å². The lowest BCUT2D eigenvalue weighted by Crippen LogP contribution is -2.06. The second-order valence-corrected chi connectivity index (χ2v) is 2.80. The Hall–Kier alpha value is -1.91. The third kappa shape index (κ3) is 3.38. The molecule has 1 N–H and O–H groups in total. The predicted molar refractivity (Wildman–Crippen MR) is 54.9 cm³/mol. The third-order valence-electron chi connectivity index (χ3n) is 1.66. The Kier molecular flexibility index (Phi) is 3.79. The number of rotatable bonds is 4. The molecule has 1 aromatic rings. The number of ether oxygens (including phenoxy) is 2. The number of anilines is 1. The van der Waals surface area contributed by atoms with Crippen LogP contribution in [0.2, 0.25) is 0 Å². The van der Waals surface area contributed by atoms with Crippen LogP contribution < -0.4 is 15.0 Å². The summed E-state index contributed by atoms with van der Waals surface area (Å²) in [6.45, 7) is 1.31. The van der Waals surface area contributed by atoms with Crippen molar-refractivity contribution in [2.24, 2.45) is 0 Å². The van der Waals surface area contributed by atoms with E-state index in [2.05, 4.69) is 10.3 Å². The summed E-state index contributed by atoms with van der Waals surface area (Å²) in [5, 5.41) is 0. The van der Waals surface area contributed by atoms with Crippen molar-refractivity contribution < 1.29 is 19.1 Å². The first kappa shape index (κ1) is 11.2. The van der Waals surface area contributed by atoms with E-state index in [1.165, 1.54) is 6.92 Å². The van der Waals surface area contributed by atoms with Crippen LogP contribution in [0.1, 0.15) is 6.92 Å². The van der Waals surface area contributed by atoms with E-state index >= 15 is 0 Å². The normalized spacial score (nSPS) is 9.27. The van der Waals surface area contributed by atoms with Gasteiger partial charge >= 0.3 is 5.97 Å². The van der Waals surface area contributed by atoms with Crippen LogP contribution in [0.25, 0.3) is 0 Å². The van der Waals surface area contributed by atoms with Crippen LogP contribution >= 0.6 is 0 Å². The first-order valence-electron chi connectivity index (χ1n) is 4.32. The topological polar surface area (TPSA) is 56.8 Å². The molecule has 0 fully saturated rings. The van der Waals surface area contributed by atoms with Gasteiger partial charge in [0, 0.05) is 25.1 Å². The van der Waals surface area contributed by atoms with Crippen molar-refractivity contribution in [2.75, 3.05) is 19.7 Å². The molecule has 0 aliphatic carbocycles. The minimum Gasteiger partial charge on any atom is -0.497 e. The van der Waals surface area contributed by atoms with Crippen molar-refractivity contribution in [1.29, 1.82) is 0 Å². The van der Waals surface area contributed by atoms with Gasteiger partial charge in [0.25, 0.3) is 0 Å². The molecule has 0 heterocycles. The molecule has 0 aliphatic heterocycles. The standard InChI is InChI=1S/C10H13NO4/c1-7(12)15-11-8-4-9(13-2)6-10(5-8)14-3/h4-6,11H,1-3H3. The molecular weight excluding hydrogens is 198 g/mol. The third-order valence-corrected chi connectivity index (χ3v) is 1.66. The zero-order chi connectivity index (χ0) is 11.3. The Morgan fingerprint density at radius 3 is 2.07 bits per heavy atom. The number of hydrogen-bond donors (Lipinski definition) is 1. The largest absolute Gasteiger partial charge is 0.497 e. The van der Waals surface area contributed by atoms with E-state index in [1.54, 1.807) is 32.4 Å². The Balaban J connectivity index is 2.81. The van der Waals surface area contributed by atoms with Gasteiger partial charge in [0.1, 0.15) is 11.5 Å². The molecule has 0 aromatic heterocycles. The van der Waals surface area contributed by atoms with E-state index in [0.717, 1.165) is 0 Å². The number of methoxy groups -OCH3 is 2. The van der Waals surface area contributed by atoms with Crippen molar-refractivity contribution in [3.05, 3.63) is 18.2 Å². The lowest BCUT2D eigenvalue weighted by atomic mass is 10.3. The van der Waals surface area contributed by atoms with Gasteiger partial charge in [0.05, 0.1) is 19.9 Å². The van der Waals surface area contributed by atoms with Crippen molar-refractivity contribution in [2.45, 2.75) is 6.92 Å². The first-order valence-corrected chi connectivity index (χ1v) is 4.32. The lowest BCUT2D eigenvalue weighted by molar-refractivity contribution is -0.138. The van der Waals surface area contributed by atoms with Crippen molar-refractivity contribution in [3.63, 3.8) is 0 Å². The van der Waals surface area contributed by atoms with Gasteiger partial charge in [-0.15, -0.1) is 0 Å². The minimum absolute atomic E-state index is 0.420. The van der Waals surface area contributed by atoms with Gasteiger partial charge in [0.15, 0.2) is 0 Å². The van der Waals surface area contributed by atoms with E-state index < -0.39 is 5.97 Å². The van der Waals surface area contributed by atoms with Gasteiger partial charge in [-0.05, 0) is 0 Å². The average Bonchev–Trinajstić information content (AvgIpc) is 2.25. The highest BCUT2D eigenvalue weighted by Crippen LogP contribution is 2.25. The highest BCUT2D eigenvalue weighted by Gasteiger charge is 2.02. The molecule has 0 atom stereocenters. The predicted octanol–water partition coefficient (Wildman–Crippen LogP) is 1.59. The van der Waals surface area contributed by atoms with Crippen LogP contribution in [-0.2, 0) is 9.63 Å². The molecule has 0 bridgehead atoms. The number of hydrogen-bond acceptors (Lipinski definition) is 5. The second kappa shape index (κ2) is 5.09. The van der Waals surface area contributed by atoms with Crippen molar-refractivity contribution in [3.8, 4) is 11.5 Å². The van der Waals surface area contributed by atoms with Crippen LogP contribution in [0.4, 0.5) is 5.69 Å². The number of benzene rings is 1. The van der Waals surface area contributed by atoms with Crippen molar-refractivity contribution >= 4 is 11.7 Å². The van der Waals surface area contributed by atoms with Crippen LogP contribution in [0, 0.1) is 0 Å². The molecule has 0 amide bonds. The second-order valence-electron chi connectivity index (χ2n) is 2.80. The zero-order valence-electron chi connectivity index (χ0n) is 8.87. The molecule has 0 aliphatic rings. The molecule has 5 nitrogen and oxygen atoms in total. The summed E-state index contributed by atoms with van der Waals surface area (Å²) in [6.07, 6.45) is 0. The number of carbonyl (C=O) groups is 1. The van der Waals surface area contributed by atoms with Crippen LogP contribution in [0.3, 0.4) is 0 Å². The molecule has 0 saturated carbocycles. The molecule has 1 rings (SSSR count). The molecular formula is C10H13NO4. The summed E-state index contributed by atoms with van der Waals surface area (Å²) in [5.74, 6) is 0.810. The summed E-state index contributed by atoms with van der Waals surface area (Å²) in [4.78, 5) is 15.2. The average molecular weight is 211 g/mol. The van der Waals surface area contributed by atoms with Crippen LogP contribution in [0.15, 0.2) is 18.2 Å². The summed E-state index contributed by atoms with van der Waals surface area (Å²) in [6, 6.07) is 5.09. The van der Waals surface area contributed by atoms with E-state index in [-0.39, 0.29) is 0 Å². The van der Waals surface area contributed by atoms with Gasteiger partial charge in [0.2, 0.25) is 0 Å². The number of carbonyl (C=O) groups excluding carboxylic acids is 1. The van der Waals surface area contributed by atoms with Gasteiger partial charge in [-0.2, -0.15) is 0 Å². The van der Waals surface area contributed by atoms with E-state index in [0.29, 0.717) is 17.2 Å². The Bertz CT molecular complexity index is 329. The molecule has 0 radical (unpaired) electrons. The van der Waals surface area contributed by atoms with Gasteiger partial charge in [-0.1, -0.05) is 0 Å². The fourth-order valence-corrected chi connectivity index (χ4v) is 0.997. The minimum atomic E-state index is -0.420. The van der Waals surface area contributed by atoms with E-state index in [4.69, 9.17) is 9.47 Å². The maximum Gasteiger partial charge on any atom is 0.329 e. The lowest BCUT2D eigenvalue weighted by Gasteiger charge is -2.09. The van der Waals surface area contributed by atoms with E-state index in [9.17, 15) is 4.79 Å². The maximum absolute atomic E-state index is 10.6. The van der Waals surface area contributed by atoms with E-state index in [1.807, 2.05) is 0 Å². The monoisotopic (exact) mass is 211 g/mol. The Morgan fingerprint density at radius 1 is 1.13 bits per heavy atom. The quantitative estimate of drug-likeness (QED) is 0.766. The van der Waals surface area contributed by atoms with Crippen LogP contribution in [-0.4, -0.2) is 20.2 Å². The fourth-order valence-electron chi connectivity index (χ4n) is 0.997. The zero-order valence-corrected chi connectivity index (χ0v) is 8.87. The summed E-state index contributed by atoms with van der Waals surface area (Å²) < 4.78 is 10.1. The van der Waals surface area contributed by atoms with Crippen molar-refractivity contribution in [1.82, 2.24) is 0 Å². The number of nitrogens with one attached hydrogen (secondary N) is 1. The Morgan fingerprint density at radius 2 is 1.67 bits per heavy atom. The molecule has 82 valence electrons. The molecule has 5 heteroatoms. The van der Waals surface area contributed by atoms with Gasteiger partial charge < -0.3 is 14.3 Å². The highest BCUT2D eigenvalue weighted by molar-refractivity contribution is 5.67.